The molecular formula is C30H33BrN2O5S. The van der Waals surface area contributed by atoms with E-state index in [0.29, 0.717) is 24.3 Å². The zero-order valence-corrected chi connectivity index (χ0v) is 24.6. The average molecular weight is 614 g/mol. The van der Waals surface area contributed by atoms with Crippen molar-refractivity contribution in [1.82, 2.24) is 9.80 Å². The molecule has 1 amide bonds. The van der Waals surface area contributed by atoms with Crippen molar-refractivity contribution >= 4 is 45.2 Å². The summed E-state index contributed by atoms with van der Waals surface area (Å²) < 4.78 is 13.4. The number of thiophene rings is 1. The van der Waals surface area contributed by atoms with Crippen molar-refractivity contribution in [3.8, 4) is 11.5 Å². The van der Waals surface area contributed by atoms with Gasteiger partial charge in [0.25, 0.3) is 0 Å². The predicted octanol–water partition coefficient (Wildman–Crippen LogP) is 4.54. The van der Waals surface area contributed by atoms with Crippen molar-refractivity contribution in [1.29, 1.82) is 0 Å². The highest BCUT2D eigenvalue weighted by Gasteiger charge is 2.73. The van der Waals surface area contributed by atoms with Gasteiger partial charge in [-0.3, -0.25) is 14.5 Å². The summed E-state index contributed by atoms with van der Waals surface area (Å²) >= 11 is 5.04. The molecule has 2 bridgehead atoms. The second-order valence-corrected chi connectivity index (χ2v) is 13.8. The number of nitrogens with zero attached hydrogens (tertiary/aromatic N) is 2. The van der Waals surface area contributed by atoms with Crippen molar-refractivity contribution in [2.45, 2.75) is 74.7 Å². The standard InChI is InChI=1S/C30H33BrN2O5S/c1-17(34)37-23-7-5-19-13-24-30(36)10-9-22(32(2)25(35)8-6-21-14-20(31)16-39-21)28-29(30,26(19)27(23)38-28)11-12-33(24)15-18-3-4-18/h5-8,14,16,18,22,24,28,36H,3-4,9-13,15H2,1-2H3/b8-6+/t22-,24+,28-,29-,30+/m0/s1. The number of aliphatic hydroxyl groups is 1. The molecule has 3 fully saturated rings. The Balaban J connectivity index is 1.28. The first kappa shape index (κ1) is 25.7. The number of halogens is 1. The van der Waals surface area contributed by atoms with Crippen molar-refractivity contribution in [3.63, 3.8) is 0 Å². The third-order valence-electron chi connectivity index (χ3n) is 9.79. The van der Waals surface area contributed by atoms with Crippen LogP contribution in [0.1, 0.15) is 55.0 Å². The van der Waals surface area contributed by atoms with Crippen LogP contribution in [0.5, 0.6) is 11.5 Å². The minimum Gasteiger partial charge on any atom is -0.483 e. The molecule has 1 aromatic carbocycles. The van der Waals surface area contributed by atoms with Crippen LogP contribution in [0.2, 0.25) is 0 Å². The summed E-state index contributed by atoms with van der Waals surface area (Å²) in [5.41, 5.74) is 0.533. The minimum absolute atomic E-state index is 0.00936. The Morgan fingerprint density at radius 3 is 2.85 bits per heavy atom. The number of hydrogen-bond acceptors (Lipinski definition) is 7. The van der Waals surface area contributed by atoms with Gasteiger partial charge in [0.15, 0.2) is 11.5 Å². The van der Waals surface area contributed by atoms with Crippen molar-refractivity contribution in [3.05, 3.63) is 50.1 Å². The Bertz CT molecular complexity index is 1390. The van der Waals surface area contributed by atoms with Crippen molar-refractivity contribution in [2.75, 3.05) is 20.1 Å². The third-order valence-corrected chi connectivity index (χ3v) is 11.5. The fraction of sp³-hybridized carbons (Fsp3) is 0.533. The molecule has 9 heteroatoms. The van der Waals surface area contributed by atoms with E-state index in [1.165, 1.54) is 19.8 Å². The lowest BCUT2D eigenvalue weighted by Gasteiger charge is -2.64. The van der Waals surface area contributed by atoms with E-state index in [1.807, 2.05) is 30.6 Å². The molecule has 0 unspecified atom stereocenters. The van der Waals surface area contributed by atoms with Crippen molar-refractivity contribution in [2.24, 2.45) is 5.92 Å². The highest BCUT2D eigenvalue weighted by atomic mass is 79.9. The molecule has 39 heavy (non-hydrogen) atoms. The lowest BCUT2D eigenvalue weighted by molar-refractivity contribution is -0.200. The molecule has 0 radical (unpaired) electrons. The topological polar surface area (TPSA) is 79.3 Å². The molecule has 3 heterocycles. The van der Waals surface area contributed by atoms with Crippen LogP contribution in [-0.4, -0.2) is 70.7 Å². The van der Waals surface area contributed by atoms with Crippen LogP contribution in [0, 0.1) is 5.92 Å². The maximum atomic E-state index is 13.4. The fourth-order valence-electron chi connectivity index (χ4n) is 7.93. The summed E-state index contributed by atoms with van der Waals surface area (Å²) in [6.07, 6.45) is 8.33. The Morgan fingerprint density at radius 1 is 1.31 bits per heavy atom. The molecule has 7 nitrogen and oxygen atoms in total. The third kappa shape index (κ3) is 3.87. The van der Waals surface area contributed by atoms with Crippen LogP contribution in [0.4, 0.5) is 0 Å². The smallest absolute Gasteiger partial charge is 0.308 e. The first-order valence-corrected chi connectivity index (χ1v) is 15.6. The summed E-state index contributed by atoms with van der Waals surface area (Å²) in [7, 11) is 1.84. The molecule has 3 aliphatic carbocycles. The van der Waals surface area contributed by atoms with E-state index >= 15 is 0 Å². The van der Waals surface area contributed by atoms with E-state index in [2.05, 4.69) is 26.9 Å². The highest BCUT2D eigenvalue weighted by molar-refractivity contribution is 9.10. The zero-order chi connectivity index (χ0) is 27.1. The van der Waals surface area contributed by atoms with E-state index < -0.39 is 23.1 Å². The van der Waals surface area contributed by atoms with E-state index in [9.17, 15) is 14.7 Å². The Hall–Kier alpha value is -2.20. The number of amides is 1. The number of rotatable bonds is 6. The number of carbonyl (C=O) groups excluding carboxylic acids is 2. The number of benzene rings is 1. The molecule has 1 N–H and O–H groups in total. The quantitative estimate of drug-likeness (QED) is 0.293. The molecule has 5 aliphatic rings. The molecule has 2 saturated carbocycles. The summed E-state index contributed by atoms with van der Waals surface area (Å²) in [5, 5.41) is 14.7. The number of carbonyl (C=O) groups is 2. The second-order valence-electron chi connectivity index (χ2n) is 11.9. The molecule has 5 atom stereocenters. The van der Waals surface area contributed by atoms with Gasteiger partial charge in [0.05, 0.1) is 17.1 Å². The molecule has 1 spiro atoms. The van der Waals surface area contributed by atoms with Crippen molar-refractivity contribution < 1.29 is 24.2 Å². The largest absolute Gasteiger partial charge is 0.483 e. The van der Waals surface area contributed by atoms with Gasteiger partial charge in [-0.05, 0) is 90.7 Å². The second kappa shape index (κ2) is 9.16. The van der Waals surface area contributed by atoms with Crippen LogP contribution in [0.25, 0.3) is 6.08 Å². The molecule has 2 aromatic rings. The van der Waals surface area contributed by atoms with E-state index in [1.54, 1.807) is 22.3 Å². The van der Waals surface area contributed by atoms with Gasteiger partial charge in [0, 0.05) is 52.9 Å². The number of esters is 1. The Morgan fingerprint density at radius 2 is 2.13 bits per heavy atom. The first-order valence-electron chi connectivity index (χ1n) is 13.9. The Kier molecular flexibility index (Phi) is 6.05. The summed E-state index contributed by atoms with van der Waals surface area (Å²) in [6.45, 7) is 3.31. The molecule has 1 saturated heterocycles. The number of ether oxygens (including phenoxy) is 2. The van der Waals surface area contributed by atoms with Gasteiger partial charge in [0.1, 0.15) is 6.10 Å². The summed E-state index contributed by atoms with van der Waals surface area (Å²) in [6, 6.07) is 5.66. The number of likely N-dealkylation sites (N-methyl/N-ethyl adjacent to an activating group) is 1. The van der Waals surface area contributed by atoms with Crippen LogP contribution in [0.15, 0.2) is 34.1 Å². The lowest BCUT2D eigenvalue weighted by atomic mass is 9.48. The summed E-state index contributed by atoms with van der Waals surface area (Å²) in [4.78, 5) is 30.7. The molecular weight excluding hydrogens is 580 g/mol. The maximum absolute atomic E-state index is 13.4. The van der Waals surface area contributed by atoms with Crippen LogP contribution < -0.4 is 9.47 Å². The van der Waals surface area contributed by atoms with E-state index in [-0.39, 0.29) is 18.0 Å². The van der Waals surface area contributed by atoms with Gasteiger partial charge in [-0.25, -0.2) is 0 Å². The van der Waals surface area contributed by atoms with E-state index in [0.717, 1.165) is 52.3 Å². The molecule has 7 rings (SSSR count). The SMILES string of the molecule is CC(=O)Oc1ccc2c3c1O[C@H]1[C@@H](N(C)C(=O)/C=C/c4cc(Br)cs4)CC[C@@]4(O)[C@@H](C2)N(CC2CC2)CC[C@]314. The average Bonchev–Trinajstić information content (AvgIpc) is 3.50. The Labute approximate surface area is 240 Å². The van der Waals surface area contributed by atoms with Gasteiger partial charge < -0.3 is 19.5 Å². The first-order chi connectivity index (χ1) is 18.7. The van der Waals surface area contributed by atoms with Gasteiger partial charge in [-0.2, -0.15) is 0 Å². The van der Waals surface area contributed by atoms with Gasteiger partial charge in [0.2, 0.25) is 5.91 Å². The van der Waals surface area contributed by atoms with Crippen LogP contribution in [-0.2, 0) is 21.4 Å². The monoisotopic (exact) mass is 612 g/mol. The van der Waals surface area contributed by atoms with E-state index in [4.69, 9.17) is 9.47 Å². The normalized spacial score (nSPS) is 32.6. The molecule has 1 aromatic heterocycles. The minimum atomic E-state index is -0.975. The van der Waals surface area contributed by atoms with Gasteiger partial charge >= 0.3 is 5.97 Å². The van der Waals surface area contributed by atoms with Gasteiger partial charge in [-0.1, -0.05) is 6.07 Å². The summed E-state index contributed by atoms with van der Waals surface area (Å²) in [5.74, 6) is 1.22. The number of piperidine rings is 1. The lowest BCUT2D eigenvalue weighted by Crippen LogP contribution is -2.78. The number of likely N-dealkylation sites (tertiary alicyclic amines) is 1. The molecule has 206 valence electrons. The van der Waals surface area contributed by atoms with Gasteiger partial charge in [-0.15, -0.1) is 11.3 Å². The predicted molar refractivity (Wildman–Crippen MR) is 152 cm³/mol. The van der Waals surface area contributed by atoms with Crippen LogP contribution >= 0.6 is 27.3 Å². The highest BCUT2D eigenvalue weighted by Crippen LogP contribution is 2.66. The number of hydrogen-bond donors (Lipinski definition) is 1. The molecule has 2 aliphatic heterocycles. The maximum Gasteiger partial charge on any atom is 0.308 e. The fourth-order valence-corrected chi connectivity index (χ4v) is 9.26. The zero-order valence-electron chi connectivity index (χ0n) is 22.2. The van der Waals surface area contributed by atoms with Crippen LogP contribution in [0.3, 0.4) is 0 Å².